The van der Waals surface area contributed by atoms with Gasteiger partial charge in [0.25, 0.3) is 0 Å². The minimum atomic E-state index is -0.653. The number of aromatic nitrogens is 4. The number of hydrogen-bond acceptors (Lipinski definition) is 5. The molecule has 0 amide bonds. The highest BCUT2D eigenvalue weighted by Gasteiger charge is 2.58. The zero-order valence-corrected chi connectivity index (χ0v) is 19.1. The van der Waals surface area contributed by atoms with Gasteiger partial charge < -0.3 is 5.11 Å². The third-order valence-electron chi connectivity index (χ3n) is 9.67. The summed E-state index contributed by atoms with van der Waals surface area (Å²) in [4.78, 5) is 14.6. The van der Waals surface area contributed by atoms with E-state index in [0.717, 1.165) is 49.9 Å². The van der Waals surface area contributed by atoms with Gasteiger partial charge in [-0.15, -0.1) is 10.2 Å². The maximum atomic E-state index is 13.1. The van der Waals surface area contributed by atoms with E-state index in [2.05, 4.69) is 33.6 Å². The average molecular weight is 445 g/mol. The fraction of sp³-hybridized carbons (Fsp3) is 0.833. The first-order valence-electron chi connectivity index (χ1n) is 12.0. The molecule has 4 fully saturated rings. The van der Waals surface area contributed by atoms with Crippen molar-refractivity contribution in [2.45, 2.75) is 83.3 Å². The van der Waals surface area contributed by atoms with Crippen molar-refractivity contribution >= 4 is 17.4 Å². The van der Waals surface area contributed by atoms with Gasteiger partial charge in [0.2, 0.25) is 0 Å². The number of aliphatic hydroxyl groups is 1. The lowest BCUT2D eigenvalue weighted by molar-refractivity contribution is -0.133. The monoisotopic (exact) mass is 444 g/mol. The summed E-state index contributed by atoms with van der Waals surface area (Å²) in [5, 5.41) is 25.1. The molecular formula is C24H33ClN4O2. The van der Waals surface area contributed by atoms with Crippen molar-refractivity contribution in [3.63, 3.8) is 0 Å². The second kappa shape index (κ2) is 8.15. The fourth-order valence-corrected chi connectivity index (χ4v) is 8.43. The Bertz CT molecular complexity index is 880. The van der Waals surface area contributed by atoms with Crippen molar-refractivity contribution in [3.05, 3.63) is 6.33 Å². The Labute approximate surface area is 189 Å². The van der Waals surface area contributed by atoms with Crippen LogP contribution in [-0.2, 0) is 11.3 Å². The second-order valence-corrected chi connectivity index (χ2v) is 11.1. The molecule has 4 saturated carbocycles. The molecule has 0 unspecified atom stereocenters. The average Bonchev–Trinajstić information content (AvgIpc) is 3.39. The van der Waals surface area contributed by atoms with Gasteiger partial charge in [0.15, 0.2) is 12.1 Å². The Morgan fingerprint density at radius 3 is 2.77 bits per heavy atom. The number of carbonyl (C=O) groups excluding carboxylic acids is 1. The number of carbonyl (C=O) groups is 1. The van der Waals surface area contributed by atoms with Crippen LogP contribution in [0.4, 0.5) is 0 Å². The summed E-state index contributed by atoms with van der Waals surface area (Å²) in [5.41, 5.74) is -0.545. The molecule has 0 aliphatic heterocycles. The van der Waals surface area contributed by atoms with Crippen LogP contribution in [0.25, 0.3) is 0 Å². The van der Waals surface area contributed by atoms with Crippen LogP contribution in [0.3, 0.4) is 0 Å². The number of tetrazole rings is 1. The van der Waals surface area contributed by atoms with E-state index in [4.69, 9.17) is 11.6 Å². The Morgan fingerprint density at radius 2 is 2.00 bits per heavy atom. The van der Waals surface area contributed by atoms with Crippen molar-refractivity contribution < 1.29 is 9.90 Å². The number of rotatable bonds is 4. The number of ketones is 1. The standard InChI is InChI=1S/C24H33ClN4O2/c1-23-10-7-18-17-8-11-24(31,9-2-12-25)13-16(17)3-4-19(18)20(23)5-6-21(23)22(30)14-29-27-15-26-28-29/h15-21,31H,3-11,13-14H2,1H3/t16-,17-,18+,19+,20-,21+,23-,24-/m0/s1. The molecule has 6 nitrogen and oxygen atoms in total. The van der Waals surface area contributed by atoms with Crippen LogP contribution < -0.4 is 0 Å². The van der Waals surface area contributed by atoms with E-state index in [-0.39, 0.29) is 23.7 Å². The Morgan fingerprint density at radius 1 is 1.16 bits per heavy atom. The highest BCUT2D eigenvalue weighted by atomic mass is 35.5. The molecule has 4 aliphatic carbocycles. The van der Waals surface area contributed by atoms with E-state index in [0.29, 0.717) is 18.3 Å². The summed E-state index contributed by atoms with van der Waals surface area (Å²) in [5.74, 6) is 6.76. The lowest BCUT2D eigenvalue weighted by Crippen LogP contribution is -2.51. The van der Waals surface area contributed by atoms with Gasteiger partial charge in [-0.05, 0) is 110 Å². The van der Waals surface area contributed by atoms with Crippen LogP contribution in [0.2, 0.25) is 0 Å². The Hall–Kier alpha value is -1.45. The van der Waals surface area contributed by atoms with Crippen LogP contribution in [0.1, 0.15) is 71.1 Å². The van der Waals surface area contributed by atoms with Gasteiger partial charge in [0, 0.05) is 17.7 Å². The molecule has 168 valence electrons. The SMILES string of the molecule is C[C@]12CC[C@H]3[C@@H](CC[C@H]4C[C@](O)(CC#CCl)CC[C@@H]43)[C@@H]1CC[C@@H]2C(=O)Cn1ncnn1. The second-order valence-electron chi connectivity index (χ2n) is 11.0. The van der Waals surface area contributed by atoms with Crippen LogP contribution in [-0.4, -0.2) is 36.7 Å². The number of nitrogens with zero attached hydrogens (tertiary/aromatic N) is 4. The molecule has 5 rings (SSSR count). The van der Waals surface area contributed by atoms with Crippen LogP contribution in [0, 0.1) is 52.2 Å². The first-order valence-corrected chi connectivity index (χ1v) is 12.4. The normalized spacial score (nSPS) is 43.8. The highest BCUT2D eigenvalue weighted by molar-refractivity contribution is 6.30. The first kappa shape index (κ1) is 21.4. The summed E-state index contributed by atoms with van der Waals surface area (Å²) in [6.45, 7) is 2.63. The fourth-order valence-electron chi connectivity index (χ4n) is 8.36. The van der Waals surface area contributed by atoms with Crippen LogP contribution >= 0.6 is 11.6 Å². The lowest BCUT2D eigenvalue weighted by Gasteiger charge is -2.57. The molecule has 1 aromatic rings. The largest absolute Gasteiger partial charge is 0.389 e. The first-order chi connectivity index (χ1) is 14.9. The van der Waals surface area contributed by atoms with E-state index in [1.54, 1.807) is 0 Å². The van der Waals surface area contributed by atoms with E-state index in [1.807, 2.05) is 0 Å². The number of halogens is 1. The third kappa shape index (κ3) is 3.72. The van der Waals surface area contributed by atoms with Crippen molar-refractivity contribution in [1.29, 1.82) is 0 Å². The maximum absolute atomic E-state index is 13.1. The molecule has 0 aromatic carbocycles. The van der Waals surface area contributed by atoms with Crippen LogP contribution in [0.15, 0.2) is 6.33 Å². The summed E-state index contributed by atoms with van der Waals surface area (Å²) in [7, 11) is 0. The van der Waals surface area contributed by atoms with E-state index < -0.39 is 5.60 Å². The van der Waals surface area contributed by atoms with Crippen LogP contribution in [0.5, 0.6) is 0 Å². The third-order valence-corrected chi connectivity index (χ3v) is 9.80. The maximum Gasteiger partial charge on any atom is 0.162 e. The van der Waals surface area contributed by atoms with Crippen molar-refractivity contribution in [2.24, 2.45) is 40.9 Å². The Balaban J connectivity index is 1.28. The van der Waals surface area contributed by atoms with E-state index in [1.165, 1.54) is 36.8 Å². The summed E-state index contributed by atoms with van der Waals surface area (Å²) >= 11 is 5.54. The molecule has 4 aliphatic rings. The predicted octanol–water partition coefficient (Wildman–Crippen LogP) is 3.83. The van der Waals surface area contributed by atoms with E-state index >= 15 is 0 Å². The van der Waals surface area contributed by atoms with Crippen molar-refractivity contribution in [3.8, 4) is 11.3 Å². The number of hydrogen-bond donors (Lipinski definition) is 1. The molecule has 1 N–H and O–H groups in total. The smallest absolute Gasteiger partial charge is 0.162 e. The molecule has 0 bridgehead atoms. The minimum Gasteiger partial charge on any atom is -0.389 e. The summed E-state index contributed by atoms with van der Waals surface area (Å²) in [6.07, 6.45) is 11.7. The summed E-state index contributed by atoms with van der Waals surface area (Å²) in [6, 6.07) is 0. The van der Waals surface area contributed by atoms with Crippen molar-refractivity contribution in [2.75, 3.05) is 0 Å². The van der Waals surface area contributed by atoms with Gasteiger partial charge in [0.1, 0.15) is 6.54 Å². The van der Waals surface area contributed by atoms with Gasteiger partial charge in [-0.25, -0.2) is 0 Å². The molecule has 7 heteroatoms. The molecule has 31 heavy (non-hydrogen) atoms. The topological polar surface area (TPSA) is 80.9 Å². The van der Waals surface area contributed by atoms with Gasteiger partial charge >= 0.3 is 0 Å². The molecule has 8 atom stereocenters. The zero-order chi connectivity index (χ0) is 21.6. The number of fused-ring (bicyclic) bond motifs is 5. The zero-order valence-electron chi connectivity index (χ0n) is 18.3. The van der Waals surface area contributed by atoms with E-state index in [9.17, 15) is 9.90 Å². The number of Topliss-reactive ketones (excluding diaryl/α,β-unsaturated/α-hetero) is 1. The molecule has 1 aromatic heterocycles. The van der Waals surface area contributed by atoms with Gasteiger partial charge in [-0.1, -0.05) is 12.8 Å². The molecular weight excluding hydrogens is 412 g/mol. The Kier molecular flexibility index (Phi) is 5.63. The molecule has 0 radical (unpaired) electrons. The quantitative estimate of drug-likeness (QED) is 0.713. The van der Waals surface area contributed by atoms with Crippen molar-refractivity contribution in [1.82, 2.24) is 20.2 Å². The highest BCUT2D eigenvalue weighted by Crippen LogP contribution is 2.64. The molecule has 0 spiro atoms. The van der Waals surface area contributed by atoms with Gasteiger partial charge in [-0.3, -0.25) is 4.79 Å². The van der Waals surface area contributed by atoms with Gasteiger partial charge in [-0.2, -0.15) is 4.80 Å². The molecule has 0 saturated heterocycles. The van der Waals surface area contributed by atoms with Gasteiger partial charge in [0.05, 0.1) is 5.60 Å². The summed E-state index contributed by atoms with van der Waals surface area (Å²) < 4.78 is 0. The lowest BCUT2D eigenvalue weighted by atomic mass is 9.48. The predicted molar refractivity (Wildman–Crippen MR) is 117 cm³/mol. The molecule has 1 heterocycles. The minimum absolute atomic E-state index is 0.108.